The molecule has 0 bridgehead atoms. The molecule has 6 heteroatoms. The molecule has 1 saturated heterocycles. The highest BCUT2D eigenvalue weighted by Crippen LogP contribution is 2.44. The summed E-state index contributed by atoms with van der Waals surface area (Å²) >= 11 is 0. The van der Waals surface area contributed by atoms with E-state index in [0.717, 1.165) is 31.3 Å². The van der Waals surface area contributed by atoms with Crippen LogP contribution in [0.2, 0.25) is 0 Å². The number of methoxy groups -OCH3 is 1. The molecule has 0 aromatic rings. The zero-order valence-corrected chi connectivity index (χ0v) is 18.6. The van der Waals surface area contributed by atoms with Gasteiger partial charge in [0.15, 0.2) is 0 Å². The second kappa shape index (κ2) is 10.1. The third-order valence-electron chi connectivity index (χ3n) is 7.03. The summed E-state index contributed by atoms with van der Waals surface area (Å²) in [6.07, 6.45) is 8.79. The molecule has 3 aliphatic rings. The van der Waals surface area contributed by atoms with Gasteiger partial charge in [-0.3, -0.25) is 9.59 Å². The number of carbonyl (C=O) groups excluding carboxylic acids is 2. The number of aliphatic hydroxyl groups is 1. The summed E-state index contributed by atoms with van der Waals surface area (Å²) in [5.41, 5.74) is 1.05. The summed E-state index contributed by atoms with van der Waals surface area (Å²) in [5, 5.41) is 10.3. The van der Waals surface area contributed by atoms with E-state index in [4.69, 9.17) is 14.2 Å². The average Bonchev–Trinajstić information content (AvgIpc) is 2.71. The lowest BCUT2D eigenvalue weighted by Crippen LogP contribution is -2.43. The molecule has 8 unspecified atom stereocenters. The Balaban J connectivity index is 1.73. The predicted molar refractivity (Wildman–Crippen MR) is 112 cm³/mol. The van der Waals surface area contributed by atoms with Gasteiger partial charge in [0, 0.05) is 25.9 Å². The number of ether oxygens (including phenoxy) is 3. The van der Waals surface area contributed by atoms with E-state index in [1.54, 1.807) is 7.11 Å². The van der Waals surface area contributed by atoms with Gasteiger partial charge in [0.1, 0.15) is 12.2 Å². The van der Waals surface area contributed by atoms with Gasteiger partial charge in [-0.25, -0.2) is 0 Å². The van der Waals surface area contributed by atoms with Crippen molar-refractivity contribution in [3.8, 4) is 0 Å². The minimum absolute atomic E-state index is 0.0546. The average molecular weight is 421 g/mol. The van der Waals surface area contributed by atoms with Crippen LogP contribution >= 0.6 is 0 Å². The van der Waals surface area contributed by atoms with E-state index in [1.165, 1.54) is 0 Å². The second-order valence-corrected chi connectivity index (χ2v) is 9.15. The Bertz CT molecular complexity index is 683. The Hall–Kier alpha value is -1.66. The Morgan fingerprint density at radius 1 is 1.33 bits per heavy atom. The Kier molecular flexibility index (Phi) is 7.75. The van der Waals surface area contributed by atoms with E-state index in [-0.39, 0.29) is 48.0 Å². The first-order chi connectivity index (χ1) is 14.3. The fourth-order valence-corrected chi connectivity index (χ4v) is 5.00. The molecule has 168 valence electrons. The van der Waals surface area contributed by atoms with Crippen LogP contribution in [0.1, 0.15) is 59.3 Å². The lowest BCUT2D eigenvalue weighted by molar-refractivity contribution is -0.163. The number of aliphatic hydroxyl groups excluding tert-OH is 1. The highest BCUT2D eigenvalue weighted by Gasteiger charge is 2.42. The topological polar surface area (TPSA) is 82.1 Å². The largest absolute Gasteiger partial charge is 0.462 e. The van der Waals surface area contributed by atoms with E-state index in [2.05, 4.69) is 19.1 Å². The normalized spacial score (nSPS) is 37.0. The molecule has 1 aliphatic heterocycles. The summed E-state index contributed by atoms with van der Waals surface area (Å²) in [6, 6.07) is 0. The van der Waals surface area contributed by atoms with Crippen molar-refractivity contribution in [3.05, 3.63) is 23.8 Å². The van der Waals surface area contributed by atoms with Crippen molar-refractivity contribution in [2.75, 3.05) is 7.11 Å². The van der Waals surface area contributed by atoms with Crippen LogP contribution in [0.3, 0.4) is 0 Å². The van der Waals surface area contributed by atoms with Crippen LogP contribution in [0.5, 0.6) is 0 Å². The maximum Gasteiger partial charge on any atom is 0.308 e. The zero-order valence-electron chi connectivity index (χ0n) is 18.6. The third-order valence-corrected chi connectivity index (χ3v) is 7.03. The van der Waals surface area contributed by atoms with Crippen LogP contribution < -0.4 is 0 Å². The number of hydrogen-bond acceptors (Lipinski definition) is 6. The van der Waals surface area contributed by atoms with Crippen LogP contribution in [0.4, 0.5) is 0 Å². The standard InChI is InChI=1S/C24H36O6/c1-5-14(2)24(27)30-21-11-17(25)10-16-7-6-15(3)20(23(16)21)9-8-18-12-19(28-4)13-22(26)29-18/h6-7,10,14-15,17-21,23,25H,5,8-9,11-13H2,1-4H3. The highest BCUT2D eigenvalue weighted by atomic mass is 16.6. The number of carbonyl (C=O) groups is 2. The molecule has 6 nitrogen and oxygen atoms in total. The molecule has 30 heavy (non-hydrogen) atoms. The van der Waals surface area contributed by atoms with Gasteiger partial charge in [-0.1, -0.05) is 39.0 Å². The molecule has 1 heterocycles. The number of cyclic esters (lactones) is 1. The minimum atomic E-state index is -0.605. The van der Waals surface area contributed by atoms with E-state index in [0.29, 0.717) is 18.8 Å². The first kappa shape index (κ1) is 23.0. The molecule has 0 spiro atoms. The van der Waals surface area contributed by atoms with E-state index < -0.39 is 6.10 Å². The van der Waals surface area contributed by atoms with Gasteiger partial charge < -0.3 is 19.3 Å². The summed E-state index contributed by atoms with van der Waals surface area (Å²) in [5.74, 6) is 0.0744. The monoisotopic (exact) mass is 420 g/mol. The lowest BCUT2D eigenvalue weighted by Gasteiger charge is -2.43. The third kappa shape index (κ3) is 5.33. The molecule has 1 N–H and O–H groups in total. The van der Waals surface area contributed by atoms with Crippen LogP contribution in [0.25, 0.3) is 0 Å². The van der Waals surface area contributed by atoms with Crippen molar-refractivity contribution in [2.45, 2.75) is 83.7 Å². The smallest absolute Gasteiger partial charge is 0.308 e. The number of esters is 2. The van der Waals surface area contributed by atoms with Gasteiger partial charge in [-0.05, 0) is 36.7 Å². The molecule has 0 amide bonds. The van der Waals surface area contributed by atoms with Gasteiger partial charge in [-0.15, -0.1) is 0 Å². The summed E-state index contributed by atoms with van der Waals surface area (Å²) in [7, 11) is 1.63. The van der Waals surface area contributed by atoms with Crippen LogP contribution in [0, 0.1) is 23.7 Å². The quantitative estimate of drug-likeness (QED) is 0.634. The minimum Gasteiger partial charge on any atom is -0.462 e. The van der Waals surface area contributed by atoms with Crippen LogP contribution in [-0.2, 0) is 23.8 Å². The molecule has 0 aromatic heterocycles. The molecule has 1 fully saturated rings. The van der Waals surface area contributed by atoms with Crippen molar-refractivity contribution < 1.29 is 28.9 Å². The Morgan fingerprint density at radius 2 is 2.10 bits per heavy atom. The summed E-state index contributed by atoms with van der Waals surface area (Å²) < 4.78 is 16.9. The van der Waals surface area contributed by atoms with E-state index >= 15 is 0 Å². The maximum absolute atomic E-state index is 12.5. The van der Waals surface area contributed by atoms with E-state index in [9.17, 15) is 14.7 Å². The summed E-state index contributed by atoms with van der Waals surface area (Å²) in [6.45, 7) is 6.03. The van der Waals surface area contributed by atoms with Crippen LogP contribution in [-0.4, -0.2) is 48.6 Å². The zero-order chi connectivity index (χ0) is 21.8. The van der Waals surface area contributed by atoms with Crippen LogP contribution in [0.15, 0.2) is 23.8 Å². The van der Waals surface area contributed by atoms with Crippen molar-refractivity contribution in [1.29, 1.82) is 0 Å². The van der Waals surface area contributed by atoms with Crippen molar-refractivity contribution in [1.82, 2.24) is 0 Å². The van der Waals surface area contributed by atoms with Crippen molar-refractivity contribution in [3.63, 3.8) is 0 Å². The lowest BCUT2D eigenvalue weighted by atomic mass is 9.66. The molecule has 0 saturated carbocycles. The maximum atomic E-state index is 12.5. The molecule has 8 atom stereocenters. The number of hydrogen-bond donors (Lipinski definition) is 1. The summed E-state index contributed by atoms with van der Waals surface area (Å²) in [4.78, 5) is 24.4. The molecular weight excluding hydrogens is 384 g/mol. The Morgan fingerprint density at radius 3 is 2.80 bits per heavy atom. The van der Waals surface area contributed by atoms with Crippen molar-refractivity contribution >= 4 is 11.9 Å². The fraction of sp³-hybridized carbons (Fsp3) is 0.750. The Labute approximate surface area is 179 Å². The number of allylic oxidation sites excluding steroid dienone is 2. The highest BCUT2D eigenvalue weighted by molar-refractivity contribution is 5.72. The molecule has 3 rings (SSSR count). The van der Waals surface area contributed by atoms with E-state index in [1.807, 2.05) is 19.9 Å². The van der Waals surface area contributed by atoms with Gasteiger partial charge in [0.05, 0.1) is 24.5 Å². The molecule has 0 radical (unpaired) electrons. The van der Waals surface area contributed by atoms with Crippen molar-refractivity contribution in [2.24, 2.45) is 23.7 Å². The van der Waals surface area contributed by atoms with Gasteiger partial charge >= 0.3 is 11.9 Å². The van der Waals surface area contributed by atoms with Gasteiger partial charge in [0.2, 0.25) is 0 Å². The first-order valence-corrected chi connectivity index (χ1v) is 11.3. The first-order valence-electron chi connectivity index (χ1n) is 11.3. The molecular formula is C24H36O6. The van der Waals surface area contributed by atoms with Gasteiger partial charge in [-0.2, -0.15) is 0 Å². The molecule has 0 aromatic carbocycles. The second-order valence-electron chi connectivity index (χ2n) is 9.15. The number of rotatable bonds is 7. The predicted octanol–water partition coefficient (Wildman–Crippen LogP) is 3.57. The fourth-order valence-electron chi connectivity index (χ4n) is 5.00. The SMILES string of the molecule is CCC(C)C(=O)OC1CC(O)C=C2C=CC(C)C(CCC3CC(OC)CC(=O)O3)C21. The molecule has 2 aliphatic carbocycles. The number of fused-ring (bicyclic) bond motifs is 1. The van der Waals surface area contributed by atoms with Gasteiger partial charge in [0.25, 0.3) is 0 Å².